The van der Waals surface area contributed by atoms with Crippen LogP contribution in [-0.2, 0) is 10.0 Å². The third kappa shape index (κ3) is 2.25. The molecule has 2 saturated carbocycles. The van der Waals surface area contributed by atoms with Crippen LogP contribution in [0.3, 0.4) is 0 Å². The second-order valence-corrected chi connectivity index (χ2v) is 6.81. The van der Waals surface area contributed by atoms with Gasteiger partial charge in [-0.3, -0.25) is 0 Å². The summed E-state index contributed by atoms with van der Waals surface area (Å²) >= 11 is 3.42. The first-order valence-electron chi connectivity index (χ1n) is 4.62. The summed E-state index contributed by atoms with van der Waals surface area (Å²) in [5.74, 6) is 0. The summed E-state index contributed by atoms with van der Waals surface area (Å²) in [6, 6.07) is 0. The van der Waals surface area contributed by atoms with Gasteiger partial charge < -0.3 is 0 Å². The minimum Gasteiger partial charge on any atom is -0.214 e. The van der Waals surface area contributed by atoms with Crippen molar-refractivity contribution in [2.45, 2.75) is 30.9 Å². The summed E-state index contributed by atoms with van der Waals surface area (Å²) in [4.78, 5) is 0. The van der Waals surface area contributed by atoms with Crippen molar-refractivity contribution >= 4 is 26.0 Å². The summed E-state index contributed by atoms with van der Waals surface area (Å²) in [5.41, 5.74) is 0.238. The highest BCUT2D eigenvalue weighted by Crippen LogP contribution is 2.46. The molecule has 0 saturated heterocycles. The average Bonchev–Trinajstić information content (AvgIpc) is 2.96. The van der Waals surface area contributed by atoms with E-state index in [4.69, 9.17) is 0 Å². The monoisotopic (exact) mass is 267 g/mol. The van der Waals surface area contributed by atoms with Gasteiger partial charge in [0, 0.05) is 11.9 Å². The summed E-state index contributed by atoms with van der Waals surface area (Å²) in [5, 5.41) is 0.825. The van der Waals surface area contributed by atoms with E-state index in [9.17, 15) is 8.42 Å². The molecule has 76 valence electrons. The minimum absolute atomic E-state index is 0.0846. The molecule has 5 heteroatoms. The third-order valence-corrected chi connectivity index (χ3v) is 5.94. The smallest absolute Gasteiger partial charge is 0.214 e. The Morgan fingerprint density at radius 3 is 2.38 bits per heavy atom. The molecule has 1 N–H and O–H groups in total. The van der Waals surface area contributed by atoms with Crippen molar-refractivity contribution in [1.29, 1.82) is 0 Å². The first-order valence-corrected chi connectivity index (χ1v) is 7.29. The molecule has 0 spiro atoms. The van der Waals surface area contributed by atoms with Crippen LogP contribution in [0.15, 0.2) is 0 Å². The molecule has 0 aromatic rings. The Kier molecular flexibility index (Phi) is 2.45. The Hall–Kier alpha value is 0.390. The fraction of sp³-hybridized carbons (Fsp3) is 1.00. The van der Waals surface area contributed by atoms with Crippen LogP contribution < -0.4 is 4.72 Å². The van der Waals surface area contributed by atoms with Crippen molar-refractivity contribution in [3.63, 3.8) is 0 Å². The summed E-state index contributed by atoms with van der Waals surface area (Å²) < 4.78 is 25.6. The van der Waals surface area contributed by atoms with Gasteiger partial charge in [-0.05, 0) is 31.1 Å². The second-order valence-electron chi connectivity index (χ2n) is 4.20. The molecule has 2 aliphatic carbocycles. The lowest BCUT2D eigenvalue weighted by atomic mass is 10.1. The quantitative estimate of drug-likeness (QED) is 0.763. The molecule has 0 radical (unpaired) electrons. The van der Waals surface area contributed by atoms with Crippen LogP contribution in [0.4, 0.5) is 0 Å². The second kappa shape index (κ2) is 3.21. The summed E-state index contributed by atoms with van der Waals surface area (Å²) in [6.45, 7) is 0.622. The Bertz CT molecular complexity index is 293. The molecule has 2 fully saturated rings. The Labute approximate surface area is 87.5 Å². The Morgan fingerprint density at radius 2 is 2.00 bits per heavy atom. The van der Waals surface area contributed by atoms with Gasteiger partial charge in [0.05, 0.1) is 5.25 Å². The van der Waals surface area contributed by atoms with Gasteiger partial charge in [-0.25, -0.2) is 13.1 Å². The fourth-order valence-corrected chi connectivity index (χ4v) is 3.54. The van der Waals surface area contributed by atoms with Crippen LogP contribution in [0.25, 0.3) is 0 Å². The number of rotatable bonds is 5. The highest BCUT2D eigenvalue weighted by atomic mass is 79.9. The molecule has 13 heavy (non-hydrogen) atoms. The maximum atomic E-state index is 11.5. The van der Waals surface area contributed by atoms with Crippen molar-refractivity contribution in [3.8, 4) is 0 Å². The highest BCUT2D eigenvalue weighted by Gasteiger charge is 2.44. The molecular weight excluding hydrogens is 254 g/mol. The molecule has 2 rings (SSSR count). The zero-order valence-electron chi connectivity index (χ0n) is 7.42. The van der Waals surface area contributed by atoms with Gasteiger partial charge >= 0.3 is 0 Å². The standard InChI is InChI=1S/C8H14BrNO2S/c9-5-8(3-4-8)6-10-13(11,12)7-1-2-7/h7,10H,1-6H2. The van der Waals surface area contributed by atoms with Crippen LogP contribution in [0, 0.1) is 5.41 Å². The zero-order valence-corrected chi connectivity index (χ0v) is 9.83. The number of halogens is 1. The molecule has 0 aliphatic heterocycles. The van der Waals surface area contributed by atoms with E-state index in [1.54, 1.807) is 0 Å². The molecule has 0 aromatic heterocycles. The third-order valence-electron chi connectivity index (χ3n) is 2.85. The molecule has 0 atom stereocenters. The lowest BCUT2D eigenvalue weighted by molar-refractivity contribution is 0.537. The van der Waals surface area contributed by atoms with E-state index >= 15 is 0 Å². The van der Waals surface area contributed by atoms with Crippen LogP contribution in [-0.4, -0.2) is 25.5 Å². The molecular formula is C8H14BrNO2S. The SMILES string of the molecule is O=S(=O)(NCC1(CBr)CC1)C1CC1. The van der Waals surface area contributed by atoms with Gasteiger partial charge in [0.1, 0.15) is 0 Å². The van der Waals surface area contributed by atoms with E-state index in [2.05, 4.69) is 20.7 Å². The van der Waals surface area contributed by atoms with E-state index in [1.807, 2.05) is 0 Å². The number of hydrogen-bond acceptors (Lipinski definition) is 2. The summed E-state index contributed by atoms with van der Waals surface area (Å²) in [7, 11) is -2.96. The zero-order chi connectivity index (χ0) is 9.53. The maximum Gasteiger partial charge on any atom is 0.214 e. The van der Waals surface area contributed by atoms with Gasteiger partial charge in [-0.15, -0.1) is 0 Å². The summed E-state index contributed by atoms with van der Waals surface area (Å²) in [6.07, 6.45) is 3.98. The van der Waals surface area contributed by atoms with Gasteiger partial charge in [0.2, 0.25) is 10.0 Å². The van der Waals surface area contributed by atoms with Crippen LogP contribution in [0.1, 0.15) is 25.7 Å². The number of hydrogen-bond donors (Lipinski definition) is 1. The average molecular weight is 268 g/mol. The lowest BCUT2D eigenvalue weighted by Crippen LogP contribution is -2.33. The van der Waals surface area contributed by atoms with Crippen LogP contribution >= 0.6 is 15.9 Å². The van der Waals surface area contributed by atoms with E-state index < -0.39 is 10.0 Å². The number of sulfonamides is 1. The van der Waals surface area contributed by atoms with Crippen molar-refractivity contribution in [2.75, 3.05) is 11.9 Å². The van der Waals surface area contributed by atoms with E-state index in [-0.39, 0.29) is 10.7 Å². The molecule has 2 aliphatic rings. The van der Waals surface area contributed by atoms with Crippen molar-refractivity contribution in [3.05, 3.63) is 0 Å². The molecule has 0 bridgehead atoms. The lowest BCUT2D eigenvalue weighted by Gasteiger charge is -2.12. The molecule has 0 unspecified atom stereocenters. The van der Waals surface area contributed by atoms with Gasteiger partial charge in [-0.1, -0.05) is 15.9 Å². The van der Waals surface area contributed by atoms with E-state index in [0.717, 1.165) is 31.0 Å². The van der Waals surface area contributed by atoms with Gasteiger partial charge in [0.25, 0.3) is 0 Å². The van der Waals surface area contributed by atoms with Crippen LogP contribution in [0.2, 0.25) is 0 Å². The van der Waals surface area contributed by atoms with Crippen LogP contribution in [0.5, 0.6) is 0 Å². The molecule has 0 aromatic carbocycles. The molecule has 3 nitrogen and oxygen atoms in total. The highest BCUT2D eigenvalue weighted by molar-refractivity contribution is 9.09. The number of alkyl halides is 1. The van der Waals surface area contributed by atoms with Crippen molar-refractivity contribution in [1.82, 2.24) is 4.72 Å². The Morgan fingerprint density at radius 1 is 1.38 bits per heavy atom. The molecule has 0 heterocycles. The van der Waals surface area contributed by atoms with Crippen molar-refractivity contribution < 1.29 is 8.42 Å². The predicted octanol–water partition coefficient (Wildman–Crippen LogP) is 1.24. The first-order chi connectivity index (χ1) is 6.08. The van der Waals surface area contributed by atoms with E-state index in [1.165, 1.54) is 0 Å². The first kappa shape index (κ1) is 9.93. The fourth-order valence-electron chi connectivity index (χ4n) is 1.28. The minimum atomic E-state index is -2.96. The van der Waals surface area contributed by atoms with Gasteiger partial charge in [-0.2, -0.15) is 0 Å². The Balaban J connectivity index is 1.85. The van der Waals surface area contributed by atoms with E-state index in [0.29, 0.717) is 6.54 Å². The number of nitrogens with one attached hydrogen (secondary N) is 1. The largest absolute Gasteiger partial charge is 0.214 e. The molecule has 0 amide bonds. The predicted molar refractivity (Wildman–Crippen MR) is 55.4 cm³/mol. The van der Waals surface area contributed by atoms with Gasteiger partial charge in [0.15, 0.2) is 0 Å². The normalized spacial score (nSPS) is 25.9. The topological polar surface area (TPSA) is 46.2 Å². The van der Waals surface area contributed by atoms with Crippen molar-refractivity contribution in [2.24, 2.45) is 5.41 Å². The maximum absolute atomic E-state index is 11.5.